The Labute approximate surface area is 181 Å². The fraction of sp³-hybridized carbons (Fsp3) is 0.182. The van der Waals surface area contributed by atoms with Gasteiger partial charge in [-0.05, 0) is 31.2 Å². The van der Waals surface area contributed by atoms with E-state index in [1.165, 1.54) is 22.9 Å². The van der Waals surface area contributed by atoms with Gasteiger partial charge in [-0.15, -0.1) is 6.58 Å². The molecule has 1 amide bonds. The van der Waals surface area contributed by atoms with E-state index in [0.717, 1.165) is 4.31 Å². The molecule has 0 radical (unpaired) electrons. The number of carbonyl (C=O) groups is 1. The number of rotatable bonds is 8. The average Bonchev–Trinajstić information content (AvgIpc) is 2.99. The van der Waals surface area contributed by atoms with E-state index in [1.807, 2.05) is 6.07 Å². The molecule has 0 aliphatic heterocycles. The molecule has 8 nitrogen and oxygen atoms in total. The van der Waals surface area contributed by atoms with Crippen molar-refractivity contribution in [2.75, 3.05) is 17.4 Å². The van der Waals surface area contributed by atoms with Crippen LogP contribution < -0.4 is 15.2 Å². The van der Waals surface area contributed by atoms with Gasteiger partial charge in [0, 0.05) is 13.6 Å². The topological polar surface area (TPSA) is 93.4 Å². The van der Waals surface area contributed by atoms with Gasteiger partial charge >= 0.3 is 0 Å². The van der Waals surface area contributed by atoms with E-state index >= 15 is 0 Å². The van der Waals surface area contributed by atoms with Crippen molar-refractivity contribution in [3.63, 3.8) is 0 Å². The summed E-state index contributed by atoms with van der Waals surface area (Å²) in [5, 5.41) is 2.57. The predicted octanol–water partition coefficient (Wildman–Crippen LogP) is 1.98. The summed E-state index contributed by atoms with van der Waals surface area (Å²) in [7, 11) is -2.52. The maximum Gasteiger partial charge on any atom is 0.296 e. The second-order valence-corrected chi connectivity index (χ2v) is 8.69. The minimum absolute atomic E-state index is 0.0135. The smallest absolute Gasteiger partial charge is 0.296 e. The van der Waals surface area contributed by atoms with Crippen LogP contribution in [0, 0.1) is 6.92 Å². The number of sulfonamides is 1. The molecule has 0 fully saturated rings. The van der Waals surface area contributed by atoms with Crippen LogP contribution in [0.4, 0.5) is 5.69 Å². The zero-order chi connectivity index (χ0) is 22.6. The van der Waals surface area contributed by atoms with Gasteiger partial charge in [-0.1, -0.05) is 42.5 Å². The fourth-order valence-electron chi connectivity index (χ4n) is 3.22. The fourth-order valence-corrected chi connectivity index (χ4v) is 4.71. The number of para-hydroxylation sites is 1. The number of nitrogens with zero attached hydrogens (tertiary/aromatic N) is 3. The number of amides is 1. The molecule has 1 N–H and O–H groups in total. The third-order valence-electron chi connectivity index (χ3n) is 4.84. The lowest BCUT2D eigenvalue weighted by Crippen LogP contribution is -2.43. The van der Waals surface area contributed by atoms with Gasteiger partial charge in [0.15, 0.2) is 0 Å². The SMILES string of the molecule is C=CCNC(=O)CN(c1c(C)n(C)n(-c2ccccc2)c1=O)S(=O)(=O)c1ccccc1. The molecule has 0 bridgehead atoms. The van der Waals surface area contributed by atoms with E-state index in [2.05, 4.69) is 11.9 Å². The minimum Gasteiger partial charge on any atom is -0.351 e. The molecule has 0 atom stereocenters. The van der Waals surface area contributed by atoms with Crippen LogP contribution in [0.5, 0.6) is 0 Å². The van der Waals surface area contributed by atoms with Crippen molar-refractivity contribution in [3.05, 3.63) is 89.4 Å². The van der Waals surface area contributed by atoms with Gasteiger partial charge in [-0.25, -0.2) is 17.4 Å². The third kappa shape index (κ3) is 4.31. The molecule has 1 aromatic heterocycles. The summed E-state index contributed by atoms with van der Waals surface area (Å²) >= 11 is 0. The first-order valence-electron chi connectivity index (χ1n) is 9.58. The van der Waals surface area contributed by atoms with E-state index in [-0.39, 0.29) is 17.1 Å². The zero-order valence-corrected chi connectivity index (χ0v) is 18.2. The first kappa shape index (κ1) is 22.1. The summed E-state index contributed by atoms with van der Waals surface area (Å²) in [6.07, 6.45) is 1.49. The molecule has 0 saturated heterocycles. The van der Waals surface area contributed by atoms with Crippen molar-refractivity contribution < 1.29 is 13.2 Å². The summed E-state index contributed by atoms with van der Waals surface area (Å²) < 4.78 is 30.8. The zero-order valence-electron chi connectivity index (χ0n) is 17.4. The number of anilines is 1. The van der Waals surface area contributed by atoms with Crippen molar-refractivity contribution in [3.8, 4) is 5.69 Å². The number of benzene rings is 2. The highest BCUT2D eigenvalue weighted by Crippen LogP contribution is 2.25. The Kier molecular flexibility index (Phi) is 6.45. The third-order valence-corrected chi connectivity index (χ3v) is 6.60. The number of nitrogens with one attached hydrogen (secondary N) is 1. The van der Waals surface area contributed by atoms with Crippen molar-refractivity contribution in [1.29, 1.82) is 0 Å². The van der Waals surface area contributed by atoms with Crippen LogP contribution in [0.2, 0.25) is 0 Å². The number of carbonyl (C=O) groups excluding carboxylic acids is 1. The van der Waals surface area contributed by atoms with Crippen LogP contribution in [0.25, 0.3) is 5.69 Å². The lowest BCUT2D eigenvalue weighted by molar-refractivity contribution is -0.119. The standard InChI is InChI=1S/C22H24N4O4S/c1-4-15-23-20(27)16-25(31(29,30)19-13-9-6-10-14-19)21-17(2)24(3)26(22(21)28)18-11-7-5-8-12-18/h4-14H,1,15-16H2,2-3H3,(H,23,27). The number of hydrogen-bond donors (Lipinski definition) is 1. The first-order chi connectivity index (χ1) is 14.8. The number of hydrogen-bond acceptors (Lipinski definition) is 4. The molecule has 2 aromatic carbocycles. The Balaban J connectivity index is 2.20. The minimum atomic E-state index is -4.18. The molecule has 0 aliphatic carbocycles. The highest BCUT2D eigenvalue weighted by Gasteiger charge is 2.33. The van der Waals surface area contributed by atoms with Gasteiger partial charge in [0.05, 0.1) is 16.3 Å². The van der Waals surface area contributed by atoms with Gasteiger partial charge in [0.25, 0.3) is 15.6 Å². The van der Waals surface area contributed by atoms with E-state index in [1.54, 1.807) is 61.1 Å². The van der Waals surface area contributed by atoms with Crippen molar-refractivity contribution in [2.45, 2.75) is 11.8 Å². The summed E-state index contributed by atoms with van der Waals surface area (Å²) in [4.78, 5) is 25.9. The molecular formula is C22H24N4O4S. The Morgan fingerprint density at radius 2 is 1.68 bits per heavy atom. The average molecular weight is 441 g/mol. The Morgan fingerprint density at radius 3 is 2.26 bits per heavy atom. The quantitative estimate of drug-likeness (QED) is 0.542. The van der Waals surface area contributed by atoms with Crippen molar-refractivity contribution >= 4 is 21.6 Å². The summed E-state index contributed by atoms with van der Waals surface area (Å²) in [6, 6.07) is 16.6. The maximum atomic E-state index is 13.5. The van der Waals surface area contributed by atoms with Gasteiger partial charge in [0.2, 0.25) is 5.91 Å². The Bertz CT molecular complexity index is 1250. The monoisotopic (exact) mass is 440 g/mol. The molecule has 31 heavy (non-hydrogen) atoms. The largest absolute Gasteiger partial charge is 0.351 e. The van der Waals surface area contributed by atoms with Crippen LogP contribution in [-0.2, 0) is 21.9 Å². The second kappa shape index (κ2) is 9.05. The molecule has 0 spiro atoms. The Morgan fingerprint density at radius 1 is 1.10 bits per heavy atom. The lowest BCUT2D eigenvalue weighted by Gasteiger charge is -2.22. The van der Waals surface area contributed by atoms with Crippen LogP contribution in [0.15, 0.2) is 83.0 Å². The highest BCUT2D eigenvalue weighted by atomic mass is 32.2. The second-order valence-electron chi connectivity index (χ2n) is 6.83. The van der Waals surface area contributed by atoms with E-state index in [9.17, 15) is 18.0 Å². The highest BCUT2D eigenvalue weighted by molar-refractivity contribution is 7.92. The van der Waals surface area contributed by atoms with Gasteiger partial charge in [0.1, 0.15) is 12.2 Å². The predicted molar refractivity (Wildman–Crippen MR) is 120 cm³/mol. The molecule has 0 aliphatic rings. The lowest BCUT2D eigenvalue weighted by atomic mass is 10.3. The van der Waals surface area contributed by atoms with Gasteiger partial charge < -0.3 is 5.32 Å². The summed E-state index contributed by atoms with van der Waals surface area (Å²) in [5.41, 5.74) is 0.369. The molecule has 0 unspecified atom stereocenters. The van der Waals surface area contributed by atoms with E-state index in [0.29, 0.717) is 11.4 Å². The van der Waals surface area contributed by atoms with Crippen molar-refractivity contribution in [2.24, 2.45) is 7.05 Å². The molecule has 0 saturated carbocycles. The molecule has 1 heterocycles. The van der Waals surface area contributed by atoms with Crippen LogP contribution in [0.1, 0.15) is 5.69 Å². The van der Waals surface area contributed by atoms with Gasteiger partial charge in [-0.3, -0.25) is 14.3 Å². The van der Waals surface area contributed by atoms with Gasteiger partial charge in [-0.2, -0.15) is 0 Å². The van der Waals surface area contributed by atoms with Crippen LogP contribution >= 0.6 is 0 Å². The molecule has 3 rings (SSSR count). The summed E-state index contributed by atoms with van der Waals surface area (Å²) in [5.74, 6) is -0.548. The van der Waals surface area contributed by atoms with Crippen LogP contribution in [0.3, 0.4) is 0 Å². The Hall–Kier alpha value is -3.59. The molecule has 3 aromatic rings. The van der Waals surface area contributed by atoms with Crippen LogP contribution in [-0.4, -0.2) is 36.8 Å². The maximum absolute atomic E-state index is 13.5. The van der Waals surface area contributed by atoms with Crippen molar-refractivity contribution in [1.82, 2.24) is 14.7 Å². The van der Waals surface area contributed by atoms with E-state index < -0.39 is 28.0 Å². The summed E-state index contributed by atoms with van der Waals surface area (Å²) in [6.45, 7) is 4.82. The first-order valence-corrected chi connectivity index (χ1v) is 11.0. The molecular weight excluding hydrogens is 416 g/mol. The number of aromatic nitrogens is 2. The molecule has 162 valence electrons. The van der Waals surface area contributed by atoms with E-state index in [4.69, 9.17) is 0 Å². The molecule has 9 heteroatoms. The normalized spacial score (nSPS) is 11.2.